The molecule has 0 bridgehead atoms. The summed E-state index contributed by atoms with van der Waals surface area (Å²) in [5, 5.41) is 5.86. The molecule has 3 aromatic rings. The van der Waals surface area contributed by atoms with E-state index in [2.05, 4.69) is 32.5 Å². The third-order valence-electron chi connectivity index (χ3n) is 4.69. The van der Waals surface area contributed by atoms with Crippen molar-refractivity contribution in [3.05, 3.63) is 63.3 Å². The number of hydrogen-bond donors (Lipinski definition) is 2. The van der Waals surface area contributed by atoms with Gasteiger partial charge in [-0.1, -0.05) is 30.3 Å². The average Bonchev–Trinajstić information content (AvgIpc) is 3.02. The van der Waals surface area contributed by atoms with Gasteiger partial charge in [-0.25, -0.2) is 4.98 Å². The lowest BCUT2D eigenvalue weighted by Crippen LogP contribution is -2.34. The first-order valence-electron chi connectivity index (χ1n) is 9.22. The van der Waals surface area contributed by atoms with E-state index in [0.717, 1.165) is 19.3 Å². The fourth-order valence-electron chi connectivity index (χ4n) is 3.03. The first-order valence-corrected chi connectivity index (χ1v) is 9.22. The van der Waals surface area contributed by atoms with Crippen molar-refractivity contribution in [3.63, 3.8) is 0 Å². The number of rotatable bonds is 7. The average molecular weight is 367 g/mol. The molecule has 3 rings (SSSR count). The van der Waals surface area contributed by atoms with Crippen LogP contribution in [0.1, 0.15) is 42.4 Å². The second-order valence-electron chi connectivity index (χ2n) is 6.96. The molecule has 142 valence electrons. The molecule has 2 aromatic heterocycles. The van der Waals surface area contributed by atoms with Crippen LogP contribution >= 0.6 is 0 Å². The molecule has 2 N–H and O–H groups in total. The summed E-state index contributed by atoms with van der Waals surface area (Å²) < 4.78 is 1.29. The molecule has 0 radical (unpaired) electrons. The maximum atomic E-state index is 12.3. The van der Waals surface area contributed by atoms with Crippen LogP contribution in [-0.4, -0.2) is 31.5 Å². The molecule has 7 heteroatoms. The molecule has 27 heavy (non-hydrogen) atoms. The topological polar surface area (TPSA) is 92.2 Å². The summed E-state index contributed by atoms with van der Waals surface area (Å²) in [6.45, 7) is 5.50. The highest BCUT2D eigenvalue weighted by molar-refractivity contribution is 5.78. The Morgan fingerprint density at radius 3 is 2.70 bits per heavy atom. The van der Waals surface area contributed by atoms with Crippen molar-refractivity contribution in [1.29, 1.82) is 0 Å². The standard InChI is InChI=1S/C20H25N5O2/c1-13(8-7-11-16-9-5-4-6-10-16)21-18(26)12-17-23-20-22-15(3)14(2)19(27)25(20)24-17/h4-6,9-10,13H,7-8,11-12H2,1-3H3,(H,21,26)(H,22,23,24)/t13-/m1/s1. The van der Waals surface area contributed by atoms with Crippen molar-refractivity contribution in [2.75, 3.05) is 0 Å². The zero-order chi connectivity index (χ0) is 19.4. The smallest absolute Gasteiger partial charge is 0.277 e. The monoisotopic (exact) mass is 367 g/mol. The highest BCUT2D eigenvalue weighted by Gasteiger charge is 2.14. The Bertz CT molecular complexity index is 991. The lowest BCUT2D eigenvalue weighted by Gasteiger charge is -2.13. The highest BCUT2D eigenvalue weighted by Crippen LogP contribution is 2.07. The third kappa shape index (κ3) is 4.61. The van der Waals surface area contributed by atoms with E-state index in [0.29, 0.717) is 22.9 Å². The molecule has 0 fully saturated rings. The first kappa shape index (κ1) is 18.8. The molecule has 0 aliphatic carbocycles. The van der Waals surface area contributed by atoms with E-state index in [4.69, 9.17) is 0 Å². The van der Waals surface area contributed by atoms with Crippen molar-refractivity contribution in [1.82, 2.24) is 24.9 Å². The third-order valence-corrected chi connectivity index (χ3v) is 4.69. The summed E-state index contributed by atoms with van der Waals surface area (Å²) in [5.41, 5.74) is 2.33. The van der Waals surface area contributed by atoms with Gasteiger partial charge in [0.1, 0.15) is 5.82 Å². The second-order valence-corrected chi connectivity index (χ2v) is 6.96. The summed E-state index contributed by atoms with van der Waals surface area (Å²) in [7, 11) is 0. The SMILES string of the molecule is Cc1nc2nc(CC(=O)N[C@H](C)CCCc3ccccc3)[nH]n2c(=O)c1C. The maximum Gasteiger partial charge on any atom is 0.277 e. The number of carbonyl (C=O) groups is 1. The molecule has 0 spiro atoms. The number of nitrogens with one attached hydrogen (secondary N) is 2. The van der Waals surface area contributed by atoms with Crippen LogP contribution < -0.4 is 10.9 Å². The predicted octanol–water partition coefficient (Wildman–Crippen LogP) is 2.10. The van der Waals surface area contributed by atoms with E-state index < -0.39 is 0 Å². The molecule has 0 saturated heterocycles. The Labute approximate surface area is 157 Å². The van der Waals surface area contributed by atoms with Gasteiger partial charge in [-0.2, -0.15) is 9.50 Å². The van der Waals surface area contributed by atoms with E-state index in [1.807, 2.05) is 25.1 Å². The van der Waals surface area contributed by atoms with Crippen LogP contribution in [0.5, 0.6) is 0 Å². The molecule has 1 amide bonds. The van der Waals surface area contributed by atoms with Crippen LogP contribution in [0.2, 0.25) is 0 Å². The fraction of sp³-hybridized carbons (Fsp3) is 0.400. The maximum absolute atomic E-state index is 12.3. The fourth-order valence-corrected chi connectivity index (χ4v) is 3.03. The number of aromatic nitrogens is 4. The van der Waals surface area contributed by atoms with Crippen LogP contribution in [0.3, 0.4) is 0 Å². The lowest BCUT2D eigenvalue weighted by molar-refractivity contribution is -0.121. The van der Waals surface area contributed by atoms with Gasteiger partial charge in [0.15, 0.2) is 0 Å². The summed E-state index contributed by atoms with van der Waals surface area (Å²) >= 11 is 0. The molecule has 2 heterocycles. The van der Waals surface area contributed by atoms with Crippen molar-refractivity contribution < 1.29 is 4.79 Å². The van der Waals surface area contributed by atoms with E-state index >= 15 is 0 Å². The van der Waals surface area contributed by atoms with Gasteiger partial charge in [-0.15, -0.1) is 0 Å². The minimum atomic E-state index is -0.189. The van der Waals surface area contributed by atoms with Gasteiger partial charge in [-0.3, -0.25) is 14.7 Å². The number of amides is 1. The highest BCUT2D eigenvalue weighted by atomic mass is 16.2. The molecule has 0 unspecified atom stereocenters. The number of aryl methyl sites for hydroxylation is 2. The molecule has 7 nitrogen and oxygen atoms in total. The Kier molecular flexibility index (Phi) is 5.69. The second kappa shape index (κ2) is 8.16. The molecule has 0 aliphatic heterocycles. The summed E-state index contributed by atoms with van der Waals surface area (Å²) in [6.07, 6.45) is 3.00. The van der Waals surface area contributed by atoms with Gasteiger partial charge in [-0.05, 0) is 45.6 Å². The molecule has 0 aliphatic rings. The quantitative estimate of drug-likeness (QED) is 0.669. The van der Waals surface area contributed by atoms with Gasteiger partial charge >= 0.3 is 0 Å². The number of H-pyrrole nitrogens is 1. The van der Waals surface area contributed by atoms with Crippen LogP contribution in [-0.2, 0) is 17.6 Å². The summed E-state index contributed by atoms with van der Waals surface area (Å²) in [6, 6.07) is 10.4. The van der Waals surface area contributed by atoms with E-state index in [1.54, 1.807) is 13.8 Å². The largest absolute Gasteiger partial charge is 0.353 e. The Balaban J connectivity index is 1.53. The van der Waals surface area contributed by atoms with Crippen molar-refractivity contribution >= 4 is 11.7 Å². The predicted molar refractivity (Wildman–Crippen MR) is 104 cm³/mol. The number of nitrogens with zero attached hydrogens (tertiary/aromatic N) is 3. The van der Waals surface area contributed by atoms with Crippen LogP contribution in [0, 0.1) is 13.8 Å². The van der Waals surface area contributed by atoms with Crippen molar-refractivity contribution in [2.45, 2.75) is 52.5 Å². The Morgan fingerprint density at radius 2 is 1.96 bits per heavy atom. The van der Waals surface area contributed by atoms with Crippen molar-refractivity contribution in [3.8, 4) is 0 Å². The van der Waals surface area contributed by atoms with E-state index in [1.165, 1.54) is 10.1 Å². The minimum Gasteiger partial charge on any atom is -0.353 e. The summed E-state index contributed by atoms with van der Waals surface area (Å²) in [4.78, 5) is 33.0. The molecule has 1 aromatic carbocycles. The zero-order valence-corrected chi connectivity index (χ0v) is 16.0. The van der Waals surface area contributed by atoms with Gasteiger partial charge in [0, 0.05) is 17.3 Å². The van der Waals surface area contributed by atoms with Crippen molar-refractivity contribution in [2.24, 2.45) is 0 Å². The van der Waals surface area contributed by atoms with Crippen LogP contribution in [0.25, 0.3) is 5.78 Å². The number of benzene rings is 1. The Morgan fingerprint density at radius 1 is 1.22 bits per heavy atom. The molecular weight excluding hydrogens is 342 g/mol. The number of aromatic amines is 1. The number of fused-ring (bicyclic) bond motifs is 1. The van der Waals surface area contributed by atoms with Gasteiger partial charge in [0.2, 0.25) is 5.91 Å². The van der Waals surface area contributed by atoms with E-state index in [-0.39, 0.29) is 23.9 Å². The number of hydrogen-bond acceptors (Lipinski definition) is 4. The lowest BCUT2D eigenvalue weighted by atomic mass is 10.1. The molecule has 1 atom stereocenters. The minimum absolute atomic E-state index is 0.0796. The zero-order valence-electron chi connectivity index (χ0n) is 16.0. The van der Waals surface area contributed by atoms with Gasteiger partial charge in [0.05, 0.1) is 6.42 Å². The van der Waals surface area contributed by atoms with Gasteiger partial charge in [0.25, 0.3) is 11.3 Å². The van der Waals surface area contributed by atoms with Crippen LogP contribution in [0.4, 0.5) is 0 Å². The van der Waals surface area contributed by atoms with Crippen LogP contribution in [0.15, 0.2) is 35.1 Å². The Hall–Kier alpha value is -2.96. The first-order chi connectivity index (χ1) is 12.9. The van der Waals surface area contributed by atoms with E-state index in [9.17, 15) is 9.59 Å². The summed E-state index contributed by atoms with van der Waals surface area (Å²) in [5.74, 6) is 0.600. The number of carbonyl (C=O) groups excluding carboxylic acids is 1. The normalized spacial score (nSPS) is 12.3. The van der Waals surface area contributed by atoms with Gasteiger partial charge < -0.3 is 5.32 Å². The molecule has 0 saturated carbocycles. The molecular formula is C20H25N5O2.